The first kappa shape index (κ1) is 15.8. The van der Waals surface area contributed by atoms with E-state index in [0.717, 1.165) is 5.39 Å². The summed E-state index contributed by atoms with van der Waals surface area (Å²) in [5, 5.41) is 7.87. The van der Waals surface area contributed by atoms with E-state index in [1.165, 1.54) is 10.7 Å². The molecule has 0 bridgehead atoms. The van der Waals surface area contributed by atoms with E-state index in [9.17, 15) is 9.59 Å². The van der Waals surface area contributed by atoms with Crippen molar-refractivity contribution >= 4 is 16.9 Å². The number of nitrogens with zero attached hydrogens (tertiary/aromatic N) is 4. The van der Waals surface area contributed by atoms with Crippen molar-refractivity contribution in [2.45, 2.75) is 6.54 Å². The van der Waals surface area contributed by atoms with Gasteiger partial charge >= 0.3 is 0 Å². The van der Waals surface area contributed by atoms with Crippen LogP contribution in [0.15, 0.2) is 70.4 Å². The van der Waals surface area contributed by atoms with Gasteiger partial charge in [0.1, 0.15) is 11.9 Å². The number of nitrogens with one attached hydrogen (secondary N) is 1. The van der Waals surface area contributed by atoms with E-state index < -0.39 is 0 Å². The molecule has 0 fully saturated rings. The van der Waals surface area contributed by atoms with Gasteiger partial charge in [0, 0.05) is 30.4 Å². The molecule has 0 aliphatic heterocycles. The third-order valence-corrected chi connectivity index (χ3v) is 3.88. The fraction of sp³-hybridized carbons (Fsp3) is 0.111. The lowest BCUT2D eigenvalue weighted by Gasteiger charge is -2.08. The summed E-state index contributed by atoms with van der Waals surface area (Å²) in [5.41, 5.74) is 0.412. The molecule has 3 heterocycles. The third-order valence-electron chi connectivity index (χ3n) is 3.88. The highest BCUT2D eigenvalue weighted by molar-refractivity contribution is 5.95. The molecule has 4 rings (SSSR count). The van der Waals surface area contributed by atoms with Gasteiger partial charge in [0.2, 0.25) is 0 Å². The maximum Gasteiger partial charge on any atom is 0.287 e. The van der Waals surface area contributed by atoms with Gasteiger partial charge in [-0.05, 0) is 18.2 Å². The SMILES string of the molecule is O=C(NCCn1nc(-n2ccnc2)ccc1=O)c1cc2ccccc2o1. The molecule has 0 aliphatic rings. The molecule has 0 atom stereocenters. The zero-order valence-corrected chi connectivity index (χ0v) is 13.7. The number of hydrogen-bond donors (Lipinski definition) is 1. The van der Waals surface area contributed by atoms with Crippen LogP contribution in [0.5, 0.6) is 0 Å². The first-order chi connectivity index (χ1) is 12.7. The number of hydrogen-bond acceptors (Lipinski definition) is 5. The minimum atomic E-state index is -0.333. The van der Waals surface area contributed by atoms with Gasteiger partial charge < -0.3 is 9.73 Å². The van der Waals surface area contributed by atoms with Crippen molar-refractivity contribution in [3.63, 3.8) is 0 Å². The highest BCUT2D eigenvalue weighted by atomic mass is 16.3. The summed E-state index contributed by atoms with van der Waals surface area (Å²) < 4.78 is 8.52. The number of furan rings is 1. The van der Waals surface area contributed by atoms with Crippen LogP contribution in [-0.4, -0.2) is 31.8 Å². The summed E-state index contributed by atoms with van der Waals surface area (Å²) in [4.78, 5) is 28.1. The fourth-order valence-electron chi connectivity index (χ4n) is 2.59. The van der Waals surface area contributed by atoms with Crippen LogP contribution in [0.1, 0.15) is 10.6 Å². The molecule has 1 amide bonds. The first-order valence-electron chi connectivity index (χ1n) is 8.04. The second-order valence-corrected chi connectivity index (χ2v) is 5.63. The van der Waals surface area contributed by atoms with Crippen molar-refractivity contribution in [3.8, 4) is 5.82 Å². The molecular weight excluding hydrogens is 334 g/mol. The van der Waals surface area contributed by atoms with Crippen molar-refractivity contribution in [2.24, 2.45) is 0 Å². The Hall–Kier alpha value is -3.68. The van der Waals surface area contributed by atoms with Crippen LogP contribution in [0.3, 0.4) is 0 Å². The molecule has 0 radical (unpaired) electrons. The molecule has 0 saturated heterocycles. The Labute approximate surface area is 147 Å². The van der Waals surface area contributed by atoms with Crippen molar-refractivity contribution < 1.29 is 9.21 Å². The summed E-state index contributed by atoms with van der Waals surface area (Å²) in [6.45, 7) is 0.490. The van der Waals surface area contributed by atoms with E-state index in [1.807, 2.05) is 18.2 Å². The Morgan fingerprint density at radius 3 is 2.88 bits per heavy atom. The van der Waals surface area contributed by atoms with Crippen LogP contribution >= 0.6 is 0 Å². The third kappa shape index (κ3) is 3.12. The van der Waals surface area contributed by atoms with Crippen molar-refractivity contribution in [2.75, 3.05) is 6.54 Å². The Kier molecular flexibility index (Phi) is 4.06. The molecule has 1 N–H and O–H groups in total. The standard InChI is InChI=1S/C18H15N5O3/c24-17-6-5-16(22-9-7-19-12-22)21-23(17)10-8-20-18(25)15-11-13-3-1-2-4-14(13)26-15/h1-7,9,11-12H,8,10H2,(H,20,25). The predicted molar refractivity (Wildman–Crippen MR) is 94.2 cm³/mol. The Bertz CT molecular complexity index is 1080. The zero-order valence-electron chi connectivity index (χ0n) is 13.7. The Balaban J connectivity index is 1.43. The lowest BCUT2D eigenvalue weighted by molar-refractivity contribution is 0.0926. The summed E-state index contributed by atoms with van der Waals surface area (Å²) >= 11 is 0. The molecule has 1 aromatic carbocycles. The van der Waals surface area contributed by atoms with E-state index in [-0.39, 0.29) is 30.3 Å². The zero-order chi connectivity index (χ0) is 17.9. The number of aromatic nitrogens is 4. The number of imidazole rings is 1. The van der Waals surface area contributed by atoms with Gasteiger partial charge in [0.05, 0.1) is 6.54 Å². The van der Waals surface area contributed by atoms with Crippen molar-refractivity contribution in [1.29, 1.82) is 0 Å². The number of fused-ring (bicyclic) bond motifs is 1. The molecule has 4 aromatic rings. The quantitative estimate of drug-likeness (QED) is 0.590. The lowest BCUT2D eigenvalue weighted by atomic mass is 10.2. The summed E-state index contributed by atoms with van der Waals surface area (Å²) in [6, 6.07) is 12.1. The molecular formula is C18H15N5O3. The summed E-state index contributed by atoms with van der Waals surface area (Å²) in [5.74, 6) is 0.476. The number of para-hydroxylation sites is 1. The van der Waals surface area contributed by atoms with Crippen molar-refractivity contribution in [1.82, 2.24) is 24.6 Å². The highest BCUT2D eigenvalue weighted by Gasteiger charge is 2.11. The van der Waals surface area contributed by atoms with Gasteiger partial charge in [-0.15, -0.1) is 0 Å². The van der Waals surface area contributed by atoms with Crippen LogP contribution in [0, 0.1) is 0 Å². The smallest absolute Gasteiger partial charge is 0.287 e. The van der Waals surface area contributed by atoms with Crippen LogP contribution in [0.25, 0.3) is 16.8 Å². The van der Waals surface area contributed by atoms with E-state index >= 15 is 0 Å². The average molecular weight is 349 g/mol. The summed E-state index contributed by atoms with van der Waals surface area (Å²) in [6.07, 6.45) is 4.96. The number of benzene rings is 1. The van der Waals surface area contributed by atoms with E-state index in [4.69, 9.17) is 4.42 Å². The normalized spacial score (nSPS) is 10.9. The average Bonchev–Trinajstić information content (AvgIpc) is 3.32. The van der Waals surface area contributed by atoms with Crippen LogP contribution in [-0.2, 0) is 6.54 Å². The topological polar surface area (TPSA) is 95.0 Å². The van der Waals surface area contributed by atoms with Gasteiger partial charge in [-0.1, -0.05) is 18.2 Å². The molecule has 3 aromatic heterocycles. The van der Waals surface area contributed by atoms with Gasteiger partial charge in [0.25, 0.3) is 11.5 Å². The molecule has 0 spiro atoms. The van der Waals surface area contributed by atoms with Gasteiger partial charge in [-0.25, -0.2) is 9.67 Å². The highest BCUT2D eigenvalue weighted by Crippen LogP contribution is 2.18. The minimum Gasteiger partial charge on any atom is -0.451 e. The largest absolute Gasteiger partial charge is 0.451 e. The number of carbonyl (C=O) groups excluding carboxylic acids is 1. The summed E-state index contributed by atoms with van der Waals surface area (Å²) in [7, 11) is 0. The number of carbonyl (C=O) groups is 1. The first-order valence-corrected chi connectivity index (χ1v) is 8.04. The molecule has 8 nitrogen and oxygen atoms in total. The van der Waals surface area contributed by atoms with Crippen molar-refractivity contribution in [3.05, 3.63) is 77.3 Å². The molecule has 0 saturated carbocycles. The van der Waals surface area contributed by atoms with E-state index in [1.54, 1.807) is 41.5 Å². The van der Waals surface area contributed by atoms with E-state index in [0.29, 0.717) is 11.4 Å². The number of rotatable bonds is 5. The monoisotopic (exact) mass is 349 g/mol. The van der Waals surface area contributed by atoms with Gasteiger partial charge in [-0.2, -0.15) is 5.10 Å². The second kappa shape index (κ2) is 6.67. The molecule has 130 valence electrons. The Morgan fingerprint density at radius 1 is 1.19 bits per heavy atom. The predicted octanol–water partition coefficient (Wildman–Crippen LogP) is 1.61. The number of amides is 1. The fourth-order valence-corrected chi connectivity index (χ4v) is 2.59. The maximum absolute atomic E-state index is 12.2. The lowest BCUT2D eigenvalue weighted by Crippen LogP contribution is -2.32. The molecule has 8 heteroatoms. The maximum atomic E-state index is 12.2. The molecule has 26 heavy (non-hydrogen) atoms. The van der Waals surface area contributed by atoms with Crippen LogP contribution < -0.4 is 10.9 Å². The van der Waals surface area contributed by atoms with Gasteiger partial charge in [0.15, 0.2) is 11.6 Å². The molecule has 0 aliphatic carbocycles. The van der Waals surface area contributed by atoms with E-state index in [2.05, 4.69) is 15.4 Å². The molecule has 0 unspecified atom stereocenters. The van der Waals surface area contributed by atoms with Crippen LogP contribution in [0.4, 0.5) is 0 Å². The van der Waals surface area contributed by atoms with Crippen LogP contribution in [0.2, 0.25) is 0 Å². The van der Waals surface area contributed by atoms with Gasteiger partial charge in [-0.3, -0.25) is 14.2 Å². The minimum absolute atomic E-state index is 0.235. The second-order valence-electron chi connectivity index (χ2n) is 5.63. The Morgan fingerprint density at radius 2 is 2.08 bits per heavy atom.